The molecule has 31 heavy (non-hydrogen) atoms. The summed E-state index contributed by atoms with van der Waals surface area (Å²) >= 11 is 5.89. The molecule has 6 rings (SSSR count). The van der Waals surface area contributed by atoms with E-state index in [1.54, 1.807) is 24.3 Å². The summed E-state index contributed by atoms with van der Waals surface area (Å²) in [6, 6.07) is 6.77. The molecule has 1 heterocycles. The predicted octanol–water partition coefficient (Wildman–Crippen LogP) is 4.01. The highest BCUT2D eigenvalue weighted by molar-refractivity contribution is 6.30. The molecule has 1 aromatic carbocycles. The number of ether oxygens (including phenoxy) is 2. The van der Waals surface area contributed by atoms with Gasteiger partial charge in [-0.1, -0.05) is 17.7 Å². The van der Waals surface area contributed by atoms with Gasteiger partial charge in [0.1, 0.15) is 5.75 Å². The molecule has 0 aliphatic heterocycles. The minimum atomic E-state index is -4.77. The number of hydrogen-bond donors (Lipinski definition) is 1. The number of aromatic nitrogens is 2. The molecule has 1 amide bonds. The number of halogens is 4. The van der Waals surface area contributed by atoms with Crippen molar-refractivity contribution in [1.29, 1.82) is 0 Å². The highest BCUT2D eigenvalue weighted by Crippen LogP contribution is 2.67. The van der Waals surface area contributed by atoms with E-state index in [9.17, 15) is 18.0 Å². The number of alkyl halides is 3. The SMILES string of the molecule is O=C(COc1cccc(Cl)c1)NC12CC(c3nnc(C4(OC(F)(F)F)CCC4)o3)(C1)C2. The summed E-state index contributed by atoms with van der Waals surface area (Å²) in [7, 11) is 0. The van der Waals surface area contributed by atoms with E-state index in [2.05, 4.69) is 20.3 Å². The molecule has 4 fully saturated rings. The largest absolute Gasteiger partial charge is 0.523 e. The van der Waals surface area contributed by atoms with Crippen molar-refractivity contribution in [3.05, 3.63) is 41.1 Å². The minimum absolute atomic E-state index is 0.121. The maximum atomic E-state index is 12.8. The summed E-state index contributed by atoms with van der Waals surface area (Å²) in [5.41, 5.74) is -2.33. The van der Waals surface area contributed by atoms with E-state index >= 15 is 0 Å². The van der Waals surface area contributed by atoms with Gasteiger partial charge in [0.25, 0.3) is 5.91 Å². The van der Waals surface area contributed by atoms with Gasteiger partial charge in [0.15, 0.2) is 12.2 Å². The lowest BCUT2D eigenvalue weighted by Gasteiger charge is -2.68. The van der Waals surface area contributed by atoms with Gasteiger partial charge in [-0.25, -0.2) is 0 Å². The van der Waals surface area contributed by atoms with Gasteiger partial charge in [0.05, 0.1) is 5.41 Å². The molecule has 4 aliphatic carbocycles. The number of carbonyl (C=O) groups excluding carboxylic acids is 1. The van der Waals surface area contributed by atoms with Crippen LogP contribution in [0.2, 0.25) is 5.02 Å². The maximum Gasteiger partial charge on any atom is 0.523 e. The van der Waals surface area contributed by atoms with E-state index in [0.717, 1.165) is 0 Å². The second kappa shape index (κ2) is 6.83. The summed E-state index contributed by atoms with van der Waals surface area (Å²) in [5, 5.41) is 11.4. The molecule has 2 aromatic rings. The Morgan fingerprint density at radius 3 is 2.52 bits per heavy atom. The summed E-state index contributed by atoms with van der Waals surface area (Å²) in [4.78, 5) is 12.2. The number of nitrogens with zero attached hydrogens (tertiary/aromatic N) is 2. The number of hydrogen-bond acceptors (Lipinski definition) is 6. The summed E-state index contributed by atoms with van der Waals surface area (Å²) in [6.45, 7) is -0.142. The van der Waals surface area contributed by atoms with Gasteiger partial charge in [0, 0.05) is 10.6 Å². The average molecular weight is 458 g/mol. The van der Waals surface area contributed by atoms with Gasteiger partial charge < -0.3 is 14.5 Å². The standard InChI is InChI=1S/C20H19ClF3N3O4/c21-12-3-1-4-13(7-12)29-8-14(28)25-18-9-17(10-18,11-18)15-26-27-16(30-15)19(5-2-6-19)31-20(22,23)24/h1,3-4,7H,2,5-6,8-11H2,(H,25,28). The summed E-state index contributed by atoms with van der Waals surface area (Å²) in [5.74, 6) is 0.433. The number of benzene rings is 1. The number of carbonyl (C=O) groups is 1. The van der Waals surface area contributed by atoms with E-state index in [-0.39, 0.29) is 36.8 Å². The van der Waals surface area contributed by atoms with Crippen molar-refractivity contribution in [3.63, 3.8) is 0 Å². The van der Waals surface area contributed by atoms with Gasteiger partial charge in [-0.2, -0.15) is 0 Å². The van der Waals surface area contributed by atoms with Crippen molar-refractivity contribution in [1.82, 2.24) is 15.5 Å². The van der Waals surface area contributed by atoms with Crippen molar-refractivity contribution in [2.75, 3.05) is 6.61 Å². The van der Waals surface area contributed by atoms with Crippen LogP contribution in [0.3, 0.4) is 0 Å². The third-order valence-corrected chi connectivity index (χ3v) is 6.58. The van der Waals surface area contributed by atoms with Crippen LogP contribution in [0.4, 0.5) is 13.2 Å². The third kappa shape index (κ3) is 3.65. The molecule has 4 aliphatic rings. The summed E-state index contributed by atoms with van der Waals surface area (Å²) < 4.78 is 53.7. The molecule has 0 saturated heterocycles. The fourth-order valence-corrected chi connectivity index (χ4v) is 5.07. The van der Waals surface area contributed by atoms with Crippen molar-refractivity contribution in [2.24, 2.45) is 0 Å². The lowest BCUT2D eigenvalue weighted by atomic mass is 9.39. The Morgan fingerprint density at radius 1 is 1.19 bits per heavy atom. The van der Waals surface area contributed by atoms with Crippen molar-refractivity contribution >= 4 is 17.5 Å². The Kier molecular flexibility index (Phi) is 4.53. The fourth-order valence-electron chi connectivity index (χ4n) is 4.89. The van der Waals surface area contributed by atoms with Gasteiger partial charge >= 0.3 is 6.36 Å². The van der Waals surface area contributed by atoms with Crippen LogP contribution in [0.25, 0.3) is 0 Å². The first-order chi connectivity index (χ1) is 14.6. The molecule has 166 valence electrons. The van der Waals surface area contributed by atoms with Gasteiger partial charge in [0.2, 0.25) is 11.8 Å². The second-order valence-electron chi connectivity index (χ2n) is 8.69. The monoisotopic (exact) mass is 457 g/mol. The van der Waals surface area contributed by atoms with Crippen LogP contribution in [0.1, 0.15) is 50.3 Å². The predicted molar refractivity (Wildman–Crippen MR) is 100 cm³/mol. The van der Waals surface area contributed by atoms with Crippen LogP contribution in [0.5, 0.6) is 5.75 Å². The third-order valence-electron chi connectivity index (χ3n) is 6.34. The molecule has 0 unspecified atom stereocenters. The fraction of sp³-hybridized carbons (Fsp3) is 0.550. The highest BCUT2D eigenvalue weighted by atomic mass is 35.5. The van der Waals surface area contributed by atoms with Crippen molar-refractivity contribution in [2.45, 2.75) is 61.4 Å². The molecular formula is C20H19ClF3N3O4. The van der Waals surface area contributed by atoms with Crippen molar-refractivity contribution in [3.8, 4) is 5.75 Å². The van der Waals surface area contributed by atoms with E-state index in [0.29, 0.717) is 42.3 Å². The van der Waals surface area contributed by atoms with Crippen LogP contribution in [0, 0.1) is 0 Å². The first kappa shape index (κ1) is 20.6. The van der Waals surface area contributed by atoms with Crippen LogP contribution < -0.4 is 10.1 Å². The van der Waals surface area contributed by atoms with Crippen LogP contribution in [-0.2, 0) is 20.5 Å². The van der Waals surface area contributed by atoms with Gasteiger partial charge in [-0.3, -0.25) is 9.53 Å². The average Bonchev–Trinajstić information content (AvgIpc) is 3.07. The lowest BCUT2D eigenvalue weighted by molar-refractivity contribution is -0.387. The smallest absolute Gasteiger partial charge is 0.484 e. The molecule has 11 heteroatoms. The molecule has 0 atom stereocenters. The molecule has 7 nitrogen and oxygen atoms in total. The number of rotatable bonds is 7. The maximum absolute atomic E-state index is 12.8. The van der Waals surface area contributed by atoms with E-state index in [1.165, 1.54) is 0 Å². The normalized spacial score (nSPS) is 28.1. The zero-order valence-electron chi connectivity index (χ0n) is 16.3. The number of amides is 1. The highest BCUT2D eigenvalue weighted by Gasteiger charge is 2.72. The van der Waals surface area contributed by atoms with E-state index in [4.69, 9.17) is 20.8 Å². The Bertz CT molecular complexity index is 1000. The van der Waals surface area contributed by atoms with Crippen LogP contribution in [-0.4, -0.2) is 34.6 Å². The minimum Gasteiger partial charge on any atom is -0.484 e. The summed E-state index contributed by atoms with van der Waals surface area (Å²) in [6.07, 6.45) is -2.01. The molecule has 1 aromatic heterocycles. The van der Waals surface area contributed by atoms with Crippen LogP contribution >= 0.6 is 11.6 Å². The Balaban J connectivity index is 1.16. The molecule has 0 spiro atoms. The van der Waals surface area contributed by atoms with E-state index in [1.807, 2.05) is 0 Å². The molecule has 0 radical (unpaired) electrons. The second-order valence-corrected chi connectivity index (χ2v) is 9.13. The molecule has 4 saturated carbocycles. The topological polar surface area (TPSA) is 86.5 Å². The van der Waals surface area contributed by atoms with Crippen LogP contribution in [0.15, 0.2) is 28.7 Å². The van der Waals surface area contributed by atoms with E-state index < -0.39 is 17.4 Å². The van der Waals surface area contributed by atoms with Crippen molar-refractivity contribution < 1.29 is 31.9 Å². The zero-order valence-corrected chi connectivity index (χ0v) is 17.1. The molecule has 2 bridgehead atoms. The lowest BCUT2D eigenvalue weighted by Crippen LogP contribution is -2.77. The van der Waals surface area contributed by atoms with Gasteiger partial charge in [-0.05, 0) is 56.7 Å². The Morgan fingerprint density at radius 2 is 1.90 bits per heavy atom. The zero-order chi connectivity index (χ0) is 21.9. The first-order valence-corrected chi connectivity index (χ1v) is 10.3. The van der Waals surface area contributed by atoms with Gasteiger partial charge in [-0.15, -0.1) is 23.4 Å². The molecular weight excluding hydrogens is 439 g/mol. The Hall–Kier alpha value is -2.33. The Labute approximate surface area is 180 Å². The quantitative estimate of drug-likeness (QED) is 0.676. The first-order valence-electron chi connectivity index (χ1n) is 9.92. The molecule has 1 N–H and O–H groups in total. The number of nitrogens with one attached hydrogen (secondary N) is 1.